The Balaban J connectivity index is 1.56. The lowest BCUT2D eigenvalue weighted by Crippen LogP contribution is -2.33. The van der Waals surface area contributed by atoms with Crippen LogP contribution in [0.1, 0.15) is 69.0 Å². The maximum absolute atomic E-state index is 6.41. The molecule has 2 atom stereocenters. The van der Waals surface area contributed by atoms with E-state index < -0.39 is 0 Å². The molecule has 5 rings (SSSR count). The Morgan fingerprint density at radius 3 is 2.81 bits per heavy atom. The highest BCUT2D eigenvalue weighted by Crippen LogP contribution is 2.47. The zero-order valence-electron chi connectivity index (χ0n) is 15.3. The highest BCUT2D eigenvalue weighted by Gasteiger charge is 2.38. The Labute approximate surface area is 159 Å². The summed E-state index contributed by atoms with van der Waals surface area (Å²) in [5, 5.41) is 8.93. The fourth-order valence-electron chi connectivity index (χ4n) is 5.51. The smallest absolute Gasteiger partial charge is 0.176 e. The quantitative estimate of drug-likeness (QED) is 0.831. The van der Waals surface area contributed by atoms with Crippen LogP contribution in [0.3, 0.4) is 0 Å². The third kappa shape index (κ3) is 2.80. The molecule has 0 aliphatic heterocycles. The van der Waals surface area contributed by atoms with Gasteiger partial charge in [0.05, 0.1) is 11.9 Å². The van der Waals surface area contributed by atoms with Crippen LogP contribution >= 0.6 is 11.6 Å². The van der Waals surface area contributed by atoms with Gasteiger partial charge in [-0.1, -0.05) is 30.9 Å². The van der Waals surface area contributed by atoms with E-state index in [1.807, 2.05) is 4.52 Å². The molecule has 140 valence electrons. The molecule has 2 heterocycles. The van der Waals surface area contributed by atoms with Gasteiger partial charge in [-0.15, -0.1) is 0 Å². The monoisotopic (exact) mass is 373 g/mol. The van der Waals surface area contributed by atoms with E-state index >= 15 is 0 Å². The number of aromatic nitrogens is 3. The summed E-state index contributed by atoms with van der Waals surface area (Å²) in [6.45, 7) is 0. The van der Waals surface area contributed by atoms with Crippen molar-refractivity contribution in [2.75, 3.05) is 5.32 Å². The molecule has 3 aliphatic rings. The van der Waals surface area contributed by atoms with E-state index in [4.69, 9.17) is 22.3 Å². The van der Waals surface area contributed by atoms with E-state index in [0.29, 0.717) is 22.5 Å². The summed E-state index contributed by atoms with van der Waals surface area (Å²) in [4.78, 5) is 4.98. The van der Waals surface area contributed by atoms with E-state index in [1.165, 1.54) is 49.8 Å². The second kappa shape index (κ2) is 6.38. The first-order valence-electron chi connectivity index (χ1n) is 10.2. The number of halogens is 1. The molecular weight excluding hydrogens is 346 g/mol. The molecule has 1 spiro atoms. The van der Waals surface area contributed by atoms with Gasteiger partial charge >= 0.3 is 0 Å². The first-order valence-corrected chi connectivity index (χ1v) is 10.6. The molecule has 0 bridgehead atoms. The molecule has 2 aromatic rings. The van der Waals surface area contributed by atoms with E-state index in [9.17, 15) is 0 Å². The van der Waals surface area contributed by atoms with Crippen molar-refractivity contribution in [1.29, 1.82) is 0 Å². The van der Waals surface area contributed by atoms with Crippen molar-refractivity contribution in [2.24, 2.45) is 11.1 Å². The number of hydrogen-bond acceptors (Lipinski definition) is 4. The highest BCUT2D eigenvalue weighted by molar-refractivity contribution is 6.33. The lowest BCUT2D eigenvalue weighted by atomic mass is 9.65. The maximum Gasteiger partial charge on any atom is 0.176 e. The van der Waals surface area contributed by atoms with Crippen LogP contribution < -0.4 is 11.1 Å². The van der Waals surface area contributed by atoms with Gasteiger partial charge in [-0.3, -0.25) is 0 Å². The van der Waals surface area contributed by atoms with E-state index in [2.05, 4.69) is 10.4 Å². The summed E-state index contributed by atoms with van der Waals surface area (Å²) in [5.41, 5.74) is 10.00. The summed E-state index contributed by atoms with van der Waals surface area (Å²) in [6, 6.07) is 0.737. The standard InChI is InChI=1S/C20H28ClN5/c21-16-12-23-26-18(24-14-5-4-13(22)10-14)15-6-9-20(7-2-1-3-8-20)11-17(15)25-19(16)26/h12-14,24H,1-11,22H2/t13-,14+/m1/s1. The Kier molecular flexibility index (Phi) is 4.13. The minimum absolute atomic E-state index is 0.312. The van der Waals surface area contributed by atoms with Gasteiger partial charge < -0.3 is 11.1 Å². The largest absolute Gasteiger partial charge is 0.367 e. The van der Waals surface area contributed by atoms with Crippen LogP contribution in [0.5, 0.6) is 0 Å². The zero-order valence-corrected chi connectivity index (χ0v) is 16.1. The minimum atomic E-state index is 0.312. The average Bonchev–Trinajstić information content (AvgIpc) is 3.21. The topological polar surface area (TPSA) is 68.2 Å². The third-order valence-electron chi connectivity index (χ3n) is 6.96. The molecule has 0 saturated heterocycles. The second-order valence-electron chi connectivity index (χ2n) is 8.77. The predicted octanol–water partition coefficient (Wildman–Crippen LogP) is 4.11. The van der Waals surface area contributed by atoms with E-state index in [-0.39, 0.29) is 0 Å². The maximum atomic E-state index is 6.41. The Bertz CT molecular complexity index is 823. The first-order chi connectivity index (χ1) is 12.6. The molecule has 0 radical (unpaired) electrons. The molecule has 5 nitrogen and oxygen atoms in total. The van der Waals surface area contributed by atoms with Crippen molar-refractivity contribution in [3.8, 4) is 0 Å². The SMILES string of the molecule is N[C@@H]1CC[C@H](Nc2c3c(nc4c(Cl)cnn24)CC2(CCCCC2)CC3)C1. The summed E-state index contributed by atoms with van der Waals surface area (Å²) >= 11 is 6.41. The lowest BCUT2D eigenvalue weighted by molar-refractivity contribution is 0.160. The number of anilines is 1. The lowest BCUT2D eigenvalue weighted by Gasteiger charge is -2.41. The van der Waals surface area contributed by atoms with Gasteiger partial charge in [0, 0.05) is 17.6 Å². The van der Waals surface area contributed by atoms with Crippen LogP contribution in [-0.4, -0.2) is 26.7 Å². The van der Waals surface area contributed by atoms with Crippen molar-refractivity contribution in [3.05, 3.63) is 22.5 Å². The van der Waals surface area contributed by atoms with E-state index in [1.54, 1.807) is 6.20 Å². The van der Waals surface area contributed by atoms with Crippen molar-refractivity contribution < 1.29 is 0 Å². The number of fused-ring (bicyclic) bond motifs is 2. The molecule has 6 heteroatoms. The molecule has 0 aromatic carbocycles. The molecule has 26 heavy (non-hydrogen) atoms. The van der Waals surface area contributed by atoms with Crippen molar-refractivity contribution >= 4 is 23.1 Å². The fourth-order valence-corrected chi connectivity index (χ4v) is 5.67. The van der Waals surface area contributed by atoms with Crippen LogP contribution in [0.4, 0.5) is 5.82 Å². The molecule has 2 fully saturated rings. The molecule has 0 amide bonds. The van der Waals surface area contributed by atoms with Crippen LogP contribution in [0.15, 0.2) is 6.20 Å². The fraction of sp³-hybridized carbons (Fsp3) is 0.700. The van der Waals surface area contributed by atoms with Gasteiger partial charge in [-0.05, 0) is 56.8 Å². The van der Waals surface area contributed by atoms with Crippen molar-refractivity contribution in [3.63, 3.8) is 0 Å². The summed E-state index contributed by atoms with van der Waals surface area (Å²) < 4.78 is 1.92. The molecular formula is C20H28ClN5. The van der Waals surface area contributed by atoms with Gasteiger partial charge in [0.1, 0.15) is 10.8 Å². The van der Waals surface area contributed by atoms with E-state index in [0.717, 1.165) is 43.6 Å². The second-order valence-corrected chi connectivity index (χ2v) is 9.17. The predicted molar refractivity (Wildman–Crippen MR) is 105 cm³/mol. The third-order valence-corrected chi connectivity index (χ3v) is 7.23. The number of nitrogens with one attached hydrogen (secondary N) is 1. The normalized spacial score (nSPS) is 27.8. The summed E-state index contributed by atoms with van der Waals surface area (Å²) in [6.07, 6.45) is 15.3. The van der Waals surface area contributed by atoms with Crippen LogP contribution in [0.2, 0.25) is 5.02 Å². The van der Waals surface area contributed by atoms with Crippen molar-refractivity contribution in [1.82, 2.24) is 14.6 Å². The molecule has 0 unspecified atom stereocenters. The molecule has 2 aromatic heterocycles. The molecule has 2 saturated carbocycles. The Morgan fingerprint density at radius 1 is 1.19 bits per heavy atom. The van der Waals surface area contributed by atoms with Crippen LogP contribution in [0, 0.1) is 5.41 Å². The van der Waals surface area contributed by atoms with Gasteiger partial charge in [0.25, 0.3) is 0 Å². The van der Waals surface area contributed by atoms with Crippen molar-refractivity contribution in [2.45, 2.75) is 82.7 Å². The Morgan fingerprint density at radius 2 is 2.04 bits per heavy atom. The van der Waals surface area contributed by atoms with Gasteiger partial charge in [0.15, 0.2) is 5.65 Å². The highest BCUT2D eigenvalue weighted by atomic mass is 35.5. The number of rotatable bonds is 2. The minimum Gasteiger partial charge on any atom is -0.367 e. The van der Waals surface area contributed by atoms with Gasteiger partial charge in [-0.2, -0.15) is 9.61 Å². The number of nitrogens with zero attached hydrogens (tertiary/aromatic N) is 3. The summed E-state index contributed by atoms with van der Waals surface area (Å²) in [5.74, 6) is 1.11. The van der Waals surface area contributed by atoms with Gasteiger partial charge in [-0.25, -0.2) is 4.98 Å². The average molecular weight is 374 g/mol. The van der Waals surface area contributed by atoms with Crippen LogP contribution in [0.25, 0.3) is 5.65 Å². The summed E-state index contributed by atoms with van der Waals surface area (Å²) in [7, 11) is 0. The van der Waals surface area contributed by atoms with Crippen LogP contribution in [-0.2, 0) is 12.8 Å². The molecule has 3 aliphatic carbocycles. The number of hydrogen-bond donors (Lipinski definition) is 2. The molecule has 3 N–H and O–H groups in total. The first kappa shape index (κ1) is 16.8. The zero-order chi connectivity index (χ0) is 17.7. The van der Waals surface area contributed by atoms with Gasteiger partial charge in [0.2, 0.25) is 0 Å². The number of nitrogens with two attached hydrogens (primary N) is 1. The Hall–Kier alpha value is -1.33.